The number of anilines is 1. The Kier molecular flexibility index (Phi) is 4.73. The molecule has 29 heavy (non-hydrogen) atoms. The Morgan fingerprint density at radius 2 is 1.86 bits per heavy atom. The van der Waals surface area contributed by atoms with Crippen molar-refractivity contribution in [2.75, 3.05) is 18.5 Å². The third-order valence-electron chi connectivity index (χ3n) is 6.15. The summed E-state index contributed by atoms with van der Waals surface area (Å²) in [4.78, 5) is 22.1. The molecular weight excluding hydrogens is 409 g/mol. The van der Waals surface area contributed by atoms with E-state index in [1.807, 2.05) is 0 Å². The summed E-state index contributed by atoms with van der Waals surface area (Å²) in [7, 11) is 1.72. The zero-order valence-electron chi connectivity index (χ0n) is 16.0. The molecule has 0 spiro atoms. The van der Waals surface area contributed by atoms with Crippen LogP contribution in [0.2, 0.25) is 10.0 Å². The summed E-state index contributed by atoms with van der Waals surface area (Å²) in [6.07, 6.45) is 5.71. The molecule has 0 bridgehead atoms. The van der Waals surface area contributed by atoms with E-state index in [9.17, 15) is 4.79 Å². The van der Waals surface area contributed by atoms with E-state index in [1.54, 1.807) is 42.1 Å². The first-order valence-corrected chi connectivity index (χ1v) is 10.6. The number of nitrogens with zero attached hydrogens (tertiary/aromatic N) is 4. The van der Waals surface area contributed by atoms with E-state index in [-0.39, 0.29) is 5.56 Å². The van der Waals surface area contributed by atoms with E-state index < -0.39 is 0 Å². The van der Waals surface area contributed by atoms with Crippen molar-refractivity contribution in [3.05, 3.63) is 50.9 Å². The molecule has 2 unspecified atom stereocenters. The molecule has 1 saturated heterocycles. The maximum absolute atomic E-state index is 13.0. The van der Waals surface area contributed by atoms with E-state index in [0.717, 1.165) is 30.3 Å². The Labute approximate surface area is 178 Å². The maximum atomic E-state index is 13.0. The fourth-order valence-corrected chi connectivity index (χ4v) is 5.18. The lowest BCUT2D eigenvalue weighted by Crippen LogP contribution is -2.29. The van der Waals surface area contributed by atoms with Crippen LogP contribution >= 0.6 is 23.2 Å². The molecule has 3 heterocycles. The van der Waals surface area contributed by atoms with Gasteiger partial charge in [-0.15, -0.1) is 0 Å². The minimum Gasteiger partial charge on any atom is -0.295 e. The van der Waals surface area contributed by atoms with Crippen molar-refractivity contribution in [3.63, 3.8) is 0 Å². The van der Waals surface area contributed by atoms with Gasteiger partial charge in [0.05, 0.1) is 5.02 Å². The highest BCUT2D eigenvalue weighted by Crippen LogP contribution is 2.37. The molecule has 0 radical (unpaired) electrons. The lowest BCUT2D eigenvalue weighted by atomic mass is 10.0. The third-order valence-corrected chi connectivity index (χ3v) is 6.70. The van der Waals surface area contributed by atoms with Crippen molar-refractivity contribution in [2.45, 2.75) is 19.3 Å². The molecule has 2 atom stereocenters. The summed E-state index contributed by atoms with van der Waals surface area (Å²) in [5.74, 6) is 2.07. The molecule has 3 aromatic rings. The van der Waals surface area contributed by atoms with Gasteiger partial charge in [0.15, 0.2) is 0 Å². The molecule has 0 amide bonds. The van der Waals surface area contributed by atoms with Crippen LogP contribution in [-0.2, 0) is 7.05 Å². The monoisotopic (exact) mass is 429 g/mol. The van der Waals surface area contributed by atoms with Crippen molar-refractivity contribution in [1.82, 2.24) is 19.5 Å². The van der Waals surface area contributed by atoms with Crippen LogP contribution < -0.4 is 11.0 Å². The topological polar surface area (TPSA) is 63.1 Å². The molecular formula is C21H21Cl2N5O. The fourth-order valence-electron chi connectivity index (χ4n) is 4.67. The van der Waals surface area contributed by atoms with Gasteiger partial charge in [0, 0.05) is 47.9 Å². The average Bonchev–Trinajstić information content (AvgIpc) is 3.27. The molecule has 1 aromatic carbocycles. The predicted molar refractivity (Wildman–Crippen MR) is 116 cm³/mol. The largest absolute Gasteiger partial charge is 0.295 e. The van der Waals surface area contributed by atoms with Gasteiger partial charge in [0.1, 0.15) is 5.65 Å². The van der Waals surface area contributed by atoms with Crippen LogP contribution in [-0.4, -0.2) is 32.6 Å². The van der Waals surface area contributed by atoms with E-state index in [4.69, 9.17) is 23.2 Å². The lowest BCUT2D eigenvalue weighted by Gasteiger charge is -2.18. The first-order valence-electron chi connectivity index (χ1n) is 9.83. The van der Waals surface area contributed by atoms with E-state index >= 15 is 0 Å². The molecule has 2 aromatic heterocycles. The molecule has 2 fully saturated rings. The van der Waals surface area contributed by atoms with Gasteiger partial charge in [-0.2, -0.15) is 4.98 Å². The van der Waals surface area contributed by atoms with Gasteiger partial charge >= 0.3 is 0 Å². The summed E-state index contributed by atoms with van der Waals surface area (Å²) in [6, 6.07) is 6.91. The normalized spacial score (nSPS) is 21.6. The molecule has 1 N–H and O–H groups in total. The number of rotatable bonds is 3. The van der Waals surface area contributed by atoms with Crippen LogP contribution in [0.4, 0.5) is 5.95 Å². The van der Waals surface area contributed by atoms with Gasteiger partial charge in [0.2, 0.25) is 5.95 Å². The second kappa shape index (κ2) is 7.27. The van der Waals surface area contributed by atoms with Gasteiger partial charge < -0.3 is 0 Å². The Hall–Kier alpha value is -2.15. The highest BCUT2D eigenvalue weighted by Gasteiger charge is 2.36. The number of halogens is 2. The van der Waals surface area contributed by atoms with Crippen LogP contribution in [0.5, 0.6) is 0 Å². The predicted octanol–water partition coefficient (Wildman–Crippen LogP) is 4.36. The number of aromatic nitrogens is 3. The number of pyridine rings is 1. The van der Waals surface area contributed by atoms with Gasteiger partial charge in [-0.05, 0) is 42.9 Å². The van der Waals surface area contributed by atoms with Crippen LogP contribution in [0.3, 0.4) is 0 Å². The van der Waals surface area contributed by atoms with E-state index in [0.29, 0.717) is 32.8 Å². The summed E-state index contributed by atoms with van der Waals surface area (Å²) in [5, 5.41) is 3.95. The molecule has 1 saturated carbocycles. The highest BCUT2D eigenvalue weighted by atomic mass is 35.5. The number of fused-ring (bicyclic) bond motifs is 2. The fraction of sp³-hybridized carbons (Fsp3) is 0.381. The second-order valence-corrected chi connectivity index (χ2v) is 8.83. The van der Waals surface area contributed by atoms with Crippen LogP contribution in [0, 0.1) is 11.8 Å². The minimum atomic E-state index is -0.165. The van der Waals surface area contributed by atoms with Gasteiger partial charge in [-0.1, -0.05) is 35.7 Å². The Morgan fingerprint density at radius 1 is 1.10 bits per heavy atom. The van der Waals surface area contributed by atoms with Crippen molar-refractivity contribution >= 4 is 40.2 Å². The van der Waals surface area contributed by atoms with Crippen LogP contribution in [0.1, 0.15) is 19.3 Å². The zero-order chi connectivity index (χ0) is 20.1. The molecule has 8 heteroatoms. The summed E-state index contributed by atoms with van der Waals surface area (Å²) < 4.78 is 1.54. The van der Waals surface area contributed by atoms with Crippen molar-refractivity contribution < 1.29 is 0 Å². The number of hydrazine groups is 1. The number of aryl methyl sites for hydroxylation is 1. The van der Waals surface area contributed by atoms with E-state index in [2.05, 4.69) is 20.4 Å². The van der Waals surface area contributed by atoms with Crippen molar-refractivity contribution in [1.29, 1.82) is 0 Å². The smallest absolute Gasteiger partial charge is 0.259 e. The summed E-state index contributed by atoms with van der Waals surface area (Å²) in [6.45, 7) is 2.05. The van der Waals surface area contributed by atoms with Crippen LogP contribution in [0.25, 0.3) is 22.2 Å². The average molecular weight is 430 g/mol. The van der Waals surface area contributed by atoms with Crippen molar-refractivity contribution in [3.8, 4) is 11.1 Å². The van der Waals surface area contributed by atoms with Gasteiger partial charge in [0.25, 0.3) is 5.56 Å². The minimum absolute atomic E-state index is 0.165. The number of benzene rings is 1. The molecule has 150 valence electrons. The molecule has 2 aliphatic rings. The molecule has 5 rings (SSSR count). The van der Waals surface area contributed by atoms with E-state index in [1.165, 1.54) is 19.3 Å². The third kappa shape index (κ3) is 3.39. The lowest BCUT2D eigenvalue weighted by molar-refractivity contribution is 0.369. The zero-order valence-corrected chi connectivity index (χ0v) is 17.5. The summed E-state index contributed by atoms with van der Waals surface area (Å²) >= 11 is 12.3. The number of nitrogens with one attached hydrogen (secondary N) is 1. The Morgan fingerprint density at radius 3 is 2.59 bits per heavy atom. The van der Waals surface area contributed by atoms with Gasteiger partial charge in [-0.3, -0.25) is 14.8 Å². The van der Waals surface area contributed by atoms with Crippen molar-refractivity contribution in [2.24, 2.45) is 18.9 Å². The highest BCUT2D eigenvalue weighted by molar-refractivity contribution is 6.36. The quantitative estimate of drug-likeness (QED) is 0.669. The standard InChI is InChI=1S/C21H21Cl2N5O/c1-27-19-14(7-17(20(27)29)16-6-5-15(22)8-18(16)23)9-24-21(25-19)26-28-10-12-3-2-4-13(12)11-28/h5-9,12-13H,2-4,10-11H2,1H3,(H,24,25,26). The van der Waals surface area contributed by atoms with Crippen LogP contribution in [0.15, 0.2) is 35.3 Å². The number of hydrogen-bond acceptors (Lipinski definition) is 5. The second-order valence-electron chi connectivity index (χ2n) is 7.99. The first kappa shape index (κ1) is 18.9. The molecule has 6 nitrogen and oxygen atoms in total. The summed E-state index contributed by atoms with van der Waals surface area (Å²) in [5.41, 5.74) is 4.89. The molecule has 1 aliphatic heterocycles. The first-order chi connectivity index (χ1) is 14.0. The molecule has 1 aliphatic carbocycles. The number of hydrogen-bond donors (Lipinski definition) is 1. The Bertz CT molecular complexity index is 1150. The van der Waals surface area contributed by atoms with Gasteiger partial charge in [-0.25, -0.2) is 9.99 Å². The maximum Gasteiger partial charge on any atom is 0.259 e. The SMILES string of the molecule is Cn1c(=O)c(-c2ccc(Cl)cc2Cl)cc2cnc(NN3CC4CCCC4C3)nc21. The Balaban J connectivity index is 1.49.